The Kier molecular flexibility index (Phi) is 5.61. The Balaban J connectivity index is 3.22. The normalized spacial score (nSPS) is 9.60. The predicted octanol–water partition coefficient (Wildman–Crippen LogP) is 1.95. The second kappa shape index (κ2) is 6.98. The van der Waals surface area contributed by atoms with E-state index in [4.69, 9.17) is 5.53 Å². The second-order valence-electron chi connectivity index (χ2n) is 3.94. The number of hydrogen-bond donors (Lipinski definition) is 0. The molecule has 1 aromatic rings. The third kappa shape index (κ3) is 3.31. The lowest BCUT2D eigenvalue weighted by atomic mass is 10.2. The third-order valence-corrected chi connectivity index (χ3v) is 3.27. The molecule has 0 radical (unpaired) electrons. The number of hydrogen-bond acceptors (Lipinski definition) is 3. The van der Waals surface area contributed by atoms with Crippen LogP contribution in [-0.2, 0) is 14.3 Å². The van der Waals surface area contributed by atoms with E-state index in [-0.39, 0.29) is 0 Å². The summed E-state index contributed by atoms with van der Waals surface area (Å²) in [6.45, 7) is 3.97. The van der Waals surface area contributed by atoms with Crippen molar-refractivity contribution >= 4 is 39.2 Å². The van der Waals surface area contributed by atoms with E-state index in [9.17, 15) is 9.59 Å². The first-order valence-electron chi connectivity index (χ1n) is 5.84. The molecule has 0 saturated heterocycles. The van der Waals surface area contributed by atoms with Crippen molar-refractivity contribution in [3.63, 3.8) is 0 Å². The van der Waals surface area contributed by atoms with Gasteiger partial charge in [0.05, 0.1) is 12.8 Å². The van der Waals surface area contributed by atoms with Crippen LogP contribution in [0, 0.1) is 6.92 Å². The molecule has 1 aromatic carbocycles. The number of methoxy groups -OCH3 is 1. The quantitative estimate of drug-likeness (QED) is 0.276. The number of aryl methyl sites for hydroxylation is 1. The van der Waals surface area contributed by atoms with Crippen LogP contribution in [0.5, 0.6) is 0 Å². The number of carbonyl (C=O) groups is 2. The minimum atomic E-state index is -0.987. The summed E-state index contributed by atoms with van der Waals surface area (Å²) in [4.78, 5) is 27.7. The van der Waals surface area contributed by atoms with Crippen molar-refractivity contribution in [1.29, 1.82) is 0 Å². The molecule has 0 saturated carbocycles. The molecular weight excluding hydrogens is 326 g/mol. The Morgan fingerprint density at radius 2 is 2.10 bits per heavy atom. The zero-order chi connectivity index (χ0) is 15.3. The minimum Gasteiger partial charge on any atom is -0.460 e. The van der Waals surface area contributed by atoms with E-state index in [1.165, 1.54) is 4.90 Å². The van der Waals surface area contributed by atoms with Gasteiger partial charge in [0.25, 0.3) is 0 Å². The van der Waals surface area contributed by atoms with Gasteiger partial charge in [-0.2, -0.15) is 4.79 Å². The maximum atomic E-state index is 12.3. The average molecular weight is 340 g/mol. The average Bonchev–Trinajstić information content (AvgIpc) is 2.42. The molecule has 0 heterocycles. The molecule has 0 atom stereocenters. The van der Waals surface area contributed by atoms with E-state index >= 15 is 0 Å². The lowest BCUT2D eigenvalue weighted by molar-refractivity contribution is -0.139. The highest BCUT2D eigenvalue weighted by atomic mass is 79.9. The van der Waals surface area contributed by atoms with Crippen molar-refractivity contribution in [1.82, 2.24) is 0 Å². The molecule has 0 aromatic heterocycles. The Morgan fingerprint density at radius 1 is 1.45 bits per heavy atom. The Labute approximate surface area is 125 Å². The van der Waals surface area contributed by atoms with Crippen molar-refractivity contribution in [3.05, 3.63) is 33.8 Å². The molecule has 0 fully saturated rings. The molecule has 0 aliphatic rings. The number of nitrogens with zero attached hydrogens (tertiary/aromatic N) is 3. The van der Waals surface area contributed by atoms with Crippen LogP contribution in [0.15, 0.2) is 22.7 Å². The first-order valence-corrected chi connectivity index (χ1v) is 6.63. The Morgan fingerprint density at radius 3 is 2.55 bits per heavy atom. The Hall–Kier alpha value is -1.98. The van der Waals surface area contributed by atoms with Gasteiger partial charge in [-0.15, -0.1) is 0 Å². The molecular formula is C13H14BrN3O3. The number of carbonyl (C=O) groups excluding carboxylic acids is 2. The van der Waals surface area contributed by atoms with Gasteiger partial charge in [-0.05, 0) is 47.5 Å². The summed E-state index contributed by atoms with van der Waals surface area (Å²) in [6, 6.07) is 5.43. The van der Waals surface area contributed by atoms with Crippen molar-refractivity contribution in [3.8, 4) is 0 Å². The largest absolute Gasteiger partial charge is 0.463 e. The highest BCUT2D eigenvalue weighted by Gasteiger charge is 2.35. The fraction of sp³-hybridized carbons (Fsp3) is 0.308. The van der Waals surface area contributed by atoms with Crippen LogP contribution in [0.4, 0.5) is 5.69 Å². The van der Waals surface area contributed by atoms with Gasteiger partial charge in [-0.3, -0.25) is 4.79 Å². The van der Waals surface area contributed by atoms with Crippen molar-refractivity contribution in [2.75, 3.05) is 18.6 Å². The van der Waals surface area contributed by atoms with Crippen LogP contribution < -0.4 is 4.90 Å². The van der Waals surface area contributed by atoms with Crippen LogP contribution in [0.1, 0.15) is 12.5 Å². The molecule has 0 bridgehead atoms. The molecule has 1 rings (SSSR count). The van der Waals surface area contributed by atoms with Gasteiger partial charge >= 0.3 is 17.6 Å². The van der Waals surface area contributed by atoms with E-state index in [2.05, 4.69) is 25.5 Å². The topological polar surface area (TPSA) is 83.0 Å². The molecule has 0 spiro atoms. The zero-order valence-corrected chi connectivity index (χ0v) is 13.0. The van der Waals surface area contributed by atoms with E-state index in [0.717, 1.165) is 12.7 Å². The lowest BCUT2D eigenvalue weighted by Crippen LogP contribution is -2.41. The van der Waals surface area contributed by atoms with Gasteiger partial charge in [-0.25, -0.2) is 4.79 Å². The van der Waals surface area contributed by atoms with Crippen LogP contribution in [0.3, 0.4) is 0 Å². The smallest absolute Gasteiger partial charge is 0.460 e. The number of benzene rings is 1. The number of ether oxygens (including phenoxy) is 1. The van der Waals surface area contributed by atoms with Gasteiger partial charge in [0, 0.05) is 11.0 Å². The molecule has 0 N–H and O–H groups in total. The predicted molar refractivity (Wildman–Crippen MR) is 77.5 cm³/mol. The molecule has 6 nitrogen and oxygen atoms in total. The summed E-state index contributed by atoms with van der Waals surface area (Å²) in [5.41, 5.74) is 9.76. The number of halogens is 1. The highest BCUT2D eigenvalue weighted by molar-refractivity contribution is 9.10. The molecule has 7 heteroatoms. The summed E-state index contributed by atoms with van der Waals surface area (Å²) in [5.74, 6) is -1.72. The maximum Gasteiger partial charge on any atom is 0.463 e. The van der Waals surface area contributed by atoms with Gasteiger partial charge in [-0.1, -0.05) is 6.07 Å². The van der Waals surface area contributed by atoms with Crippen molar-refractivity contribution in [2.24, 2.45) is 0 Å². The van der Waals surface area contributed by atoms with Gasteiger partial charge in [0.2, 0.25) is 0 Å². The van der Waals surface area contributed by atoms with E-state index in [0.29, 0.717) is 16.7 Å². The van der Waals surface area contributed by atoms with Crippen LogP contribution in [0.25, 0.3) is 5.53 Å². The van der Waals surface area contributed by atoms with E-state index in [1.54, 1.807) is 13.0 Å². The number of esters is 1. The van der Waals surface area contributed by atoms with Crippen LogP contribution >= 0.6 is 15.9 Å². The third-order valence-electron chi connectivity index (χ3n) is 2.64. The van der Waals surface area contributed by atoms with E-state index < -0.39 is 17.6 Å². The second-order valence-corrected chi connectivity index (χ2v) is 4.80. The lowest BCUT2D eigenvalue weighted by Gasteiger charge is -2.20. The summed E-state index contributed by atoms with van der Waals surface area (Å²) in [7, 11) is 1.11. The van der Waals surface area contributed by atoms with E-state index in [1.807, 2.05) is 19.1 Å². The molecule has 0 aliphatic carbocycles. The maximum absolute atomic E-state index is 12.3. The van der Waals surface area contributed by atoms with Gasteiger partial charge in [0.1, 0.15) is 0 Å². The number of anilines is 1. The standard InChI is InChI=1S/C13H14BrN3O3/c1-4-17(10-6-5-8(2)7-9(10)14)12(18)11(16-15)13(19)20-3/h5-7H,4H2,1-3H3. The zero-order valence-electron chi connectivity index (χ0n) is 11.4. The molecule has 0 aliphatic heterocycles. The van der Waals surface area contributed by atoms with Gasteiger partial charge in [0.15, 0.2) is 0 Å². The first kappa shape index (κ1) is 16.1. The number of rotatable bonds is 4. The van der Waals surface area contributed by atoms with Crippen molar-refractivity contribution in [2.45, 2.75) is 13.8 Å². The summed E-state index contributed by atoms with van der Waals surface area (Å²) in [5, 5.41) is 0. The monoisotopic (exact) mass is 339 g/mol. The number of amides is 1. The van der Waals surface area contributed by atoms with Crippen LogP contribution in [-0.4, -0.2) is 36.0 Å². The molecule has 106 valence electrons. The Bertz CT molecular complexity index is 595. The molecule has 1 amide bonds. The summed E-state index contributed by atoms with van der Waals surface area (Å²) >= 11 is 3.37. The molecule has 0 unspecified atom stereocenters. The first-order chi connectivity index (χ1) is 9.46. The highest BCUT2D eigenvalue weighted by Crippen LogP contribution is 2.27. The fourth-order valence-corrected chi connectivity index (χ4v) is 2.36. The summed E-state index contributed by atoms with van der Waals surface area (Å²) in [6.07, 6.45) is 0. The van der Waals surface area contributed by atoms with Crippen molar-refractivity contribution < 1.29 is 19.1 Å². The minimum absolute atomic E-state index is 0.302. The van der Waals surface area contributed by atoms with Gasteiger partial charge < -0.3 is 15.2 Å². The SMILES string of the molecule is CCN(C(=O)C(=[N+]=[N-])C(=O)OC)c1ccc(C)cc1Br. The molecule has 20 heavy (non-hydrogen) atoms. The fourth-order valence-electron chi connectivity index (χ4n) is 1.65. The summed E-state index contributed by atoms with van der Waals surface area (Å²) < 4.78 is 5.12. The van der Waals surface area contributed by atoms with Crippen LogP contribution in [0.2, 0.25) is 0 Å².